The highest BCUT2D eigenvalue weighted by atomic mass is 19.1. The Balaban J connectivity index is 3.71. The number of nitriles is 1. The predicted molar refractivity (Wildman–Crippen MR) is 30.0 cm³/mol. The largest absolute Gasteiger partial charge is 0.303 e. The summed E-state index contributed by atoms with van der Waals surface area (Å²) in [5.74, 6) is -0.604. The summed E-state index contributed by atoms with van der Waals surface area (Å²) in [6.07, 6.45) is 1.98. The molecule has 0 amide bonds. The van der Waals surface area contributed by atoms with Gasteiger partial charge in [-0.3, -0.25) is 0 Å². The van der Waals surface area contributed by atoms with E-state index >= 15 is 0 Å². The number of rotatable bonds is 3. The van der Waals surface area contributed by atoms with E-state index in [0.29, 0.717) is 6.29 Å². The van der Waals surface area contributed by atoms with Crippen LogP contribution in [0.1, 0.15) is 6.42 Å². The van der Waals surface area contributed by atoms with Crippen molar-refractivity contribution >= 4 is 6.29 Å². The Bertz CT molecular complexity index is 148. The van der Waals surface area contributed by atoms with Crippen molar-refractivity contribution in [3.05, 3.63) is 12.4 Å². The van der Waals surface area contributed by atoms with E-state index in [9.17, 15) is 9.18 Å². The molecule has 0 saturated carbocycles. The third-order valence-corrected chi connectivity index (χ3v) is 0.821. The molecular formula is C6H6FNO. The molecule has 0 saturated heterocycles. The highest BCUT2D eigenvalue weighted by molar-refractivity contribution is 5.51. The van der Waals surface area contributed by atoms with E-state index in [0.717, 1.165) is 6.08 Å². The second-order valence-electron chi connectivity index (χ2n) is 1.46. The second kappa shape index (κ2) is 4.98. The summed E-state index contributed by atoms with van der Waals surface area (Å²) in [5.41, 5.74) is 0. The Morgan fingerprint density at radius 2 is 2.44 bits per heavy atom. The van der Waals surface area contributed by atoms with Crippen LogP contribution < -0.4 is 0 Å². The van der Waals surface area contributed by atoms with Crippen molar-refractivity contribution in [2.45, 2.75) is 6.42 Å². The Labute approximate surface area is 52.6 Å². The van der Waals surface area contributed by atoms with Crippen molar-refractivity contribution in [3.63, 3.8) is 0 Å². The van der Waals surface area contributed by atoms with E-state index in [1.807, 2.05) is 0 Å². The Morgan fingerprint density at radius 3 is 2.78 bits per heavy atom. The molecule has 1 unspecified atom stereocenters. The van der Waals surface area contributed by atoms with Crippen molar-refractivity contribution in [1.82, 2.24) is 0 Å². The quantitative estimate of drug-likeness (QED) is 0.534. The molecule has 0 aliphatic heterocycles. The standard InChI is InChI=1S/C6H6FNO/c7-3-1-6(5-8)2-4-9/h1,3-4,6H,2H2/b3-1+. The number of carbonyl (C=O) groups is 1. The molecule has 48 valence electrons. The fraction of sp³-hybridized carbons (Fsp3) is 0.333. The topological polar surface area (TPSA) is 40.9 Å². The summed E-state index contributed by atoms with van der Waals surface area (Å²) < 4.78 is 11.3. The van der Waals surface area contributed by atoms with Gasteiger partial charge in [0.05, 0.1) is 18.3 Å². The molecule has 2 nitrogen and oxygen atoms in total. The van der Waals surface area contributed by atoms with E-state index in [2.05, 4.69) is 0 Å². The number of allylic oxidation sites excluding steroid dienone is 1. The number of carbonyl (C=O) groups excluding carboxylic acids is 1. The highest BCUT2D eigenvalue weighted by Crippen LogP contribution is 1.99. The first-order valence-electron chi connectivity index (χ1n) is 2.45. The van der Waals surface area contributed by atoms with Gasteiger partial charge in [0.25, 0.3) is 0 Å². The summed E-state index contributed by atoms with van der Waals surface area (Å²) in [6.45, 7) is 0. The number of aldehydes is 1. The van der Waals surface area contributed by atoms with Crippen LogP contribution in [0.5, 0.6) is 0 Å². The van der Waals surface area contributed by atoms with Crippen LogP contribution in [0, 0.1) is 17.2 Å². The molecule has 0 aliphatic carbocycles. The zero-order valence-corrected chi connectivity index (χ0v) is 4.75. The molecule has 0 fully saturated rings. The average molecular weight is 127 g/mol. The summed E-state index contributed by atoms with van der Waals surface area (Å²) in [6, 6.07) is 1.75. The molecule has 9 heavy (non-hydrogen) atoms. The molecule has 3 heteroatoms. The van der Waals surface area contributed by atoms with Gasteiger partial charge in [0.15, 0.2) is 0 Å². The van der Waals surface area contributed by atoms with Crippen LogP contribution in [0.15, 0.2) is 12.4 Å². The molecule has 0 aromatic rings. The fourth-order valence-electron chi connectivity index (χ4n) is 0.366. The van der Waals surface area contributed by atoms with Crippen molar-refractivity contribution in [3.8, 4) is 6.07 Å². The number of nitrogens with zero attached hydrogens (tertiary/aromatic N) is 1. The Kier molecular flexibility index (Phi) is 4.33. The Hall–Kier alpha value is -1.17. The second-order valence-corrected chi connectivity index (χ2v) is 1.46. The third-order valence-electron chi connectivity index (χ3n) is 0.821. The molecule has 0 spiro atoms. The van der Waals surface area contributed by atoms with Gasteiger partial charge in [-0.25, -0.2) is 4.39 Å². The molecule has 0 radical (unpaired) electrons. The van der Waals surface area contributed by atoms with Gasteiger partial charge in [-0.1, -0.05) is 0 Å². The first-order chi connectivity index (χ1) is 4.35. The maximum atomic E-state index is 11.3. The predicted octanol–water partition coefficient (Wildman–Crippen LogP) is 1.20. The van der Waals surface area contributed by atoms with Crippen LogP contribution >= 0.6 is 0 Å². The lowest BCUT2D eigenvalue weighted by Crippen LogP contribution is -1.91. The van der Waals surface area contributed by atoms with Crippen LogP contribution in [0.25, 0.3) is 0 Å². The zero-order valence-electron chi connectivity index (χ0n) is 4.75. The van der Waals surface area contributed by atoms with Gasteiger partial charge in [0.2, 0.25) is 0 Å². The van der Waals surface area contributed by atoms with Gasteiger partial charge in [-0.05, 0) is 6.08 Å². The molecule has 0 N–H and O–H groups in total. The van der Waals surface area contributed by atoms with Gasteiger partial charge in [0.1, 0.15) is 6.29 Å². The van der Waals surface area contributed by atoms with Crippen molar-refractivity contribution < 1.29 is 9.18 Å². The number of hydrogen-bond acceptors (Lipinski definition) is 2. The monoisotopic (exact) mass is 127 g/mol. The van der Waals surface area contributed by atoms with Crippen LogP contribution in [-0.4, -0.2) is 6.29 Å². The minimum Gasteiger partial charge on any atom is -0.303 e. The van der Waals surface area contributed by atoms with Crippen molar-refractivity contribution in [2.75, 3.05) is 0 Å². The van der Waals surface area contributed by atoms with Gasteiger partial charge in [-0.15, -0.1) is 0 Å². The molecule has 1 atom stereocenters. The first-order valence-corrected chi connectivity index (χ1v) is 2.45. The smallest absolute Gasteiger partial charge is 0.121 e. The molecule has 0 rings (SSSR count). The van der Waals surface area contributed by atoms with E-state index in [1.165, 1.54) is 0 Å². The van der Waals surface area contributed by atoms with Gasteiger partial charge < -0.3 is 4.79 Å². The summed E-state index contributed by atoms with van der Waals surface area (Å²) in [4.78, 5) is 9.74. The zero-order chi connectivity index (χ0) is 7.11. The SMILES string of the molecule is N#CC(/C=C/F)CC=O. The van der Waals surface area contributed by atoms with Crippen LogP contribution in [0.2, 0.25) is 0 Å². The average Bonchev–Trinajstić information content (AvgIpc) is 1.88. The third kappa shape index (κ3) is 3.42. The minimum atomic E-state index is -0.604. The van der Waals surface area contributed by atoms with Crippen LogP contribution in [0.3, 0.4) is 0 Å². The van der Waals surface area contributed by atoms with E-state index in [4.69, 9.17) is 5.26 Å². The highest BCUT2D eigenvalue weighted by Gasteiger charge is 1.98. The normalized spacial score (nSPS) is 12.9. The van der Waals surface area contributed by atoms with Gasteiger partial charge >= 0.3 is 0 Å². The van der Waals surface area contributed by atoms with Crippen LogP contribution in [-0.2, 0) is 4.79 Å². The fourth-order valence-corrected chi connectivity index (χ4v) is 0.366. The van der Waals surface area contributed by atoms with Crippen molar-refractivity contribution in [2.24, 2.45) is 5.92 Å². The molecule has 0 aromatic heterocycles. The summed E-state index contributed by atoms with van der Waals surface area (Å²) in [5, 5.41) is 8.16. The van der Waals surface area contributed by atoms with Crippen LogP contribution in [0.4, 0.5) is 4.39 Å². The number of hydrogen-bond donors (Lipinski definition) is 0. The molecule has 0 aliphatic rings. The summed E-state index contributed by atoms with van der Waals surface area (Å²) >= 11 is 0. The lowest BCUT2D eigenvalue weighted by Gasteiger charge is -1.90. The lowest BCUT2D eigenvalue weighted by molar-refractivity contribution is -0.108. The maximum Gasteiger partial charge on any atom is 0.121 e. The first kappa shape index (κ1) is 7.83. The van der Waals surface area contributed by atoms with E-state index < -0.39 is 5.92 Å². The van der Waals surface area contributed by atoms with E-state index in [1.54, 1.807) is 6.07 Å². The van der Waals surface area contributed by atoms with Gasteiger partial charge in [-0.2, -0.15) is 5.26 Å². The molecule has 0 aromatic carbocycles. The minimum absolute atomic E-state index is 0.0664. The lowest BCUT2D eigenvalue weighted by atomic mass is 10.1. The Morgan fingerprint density at radius 1 is 1.78 bits per heavy atom. The van der Waals surface area contributed by atoms with Gasteiger partial charge in [0, 0.05) is 6.42 Å². The van der Waals surface area contributed by atoms with E-state index in [-0.39, 0.29) is 12.8 Å². The molecular weight excluding hydrogens is 121 g/mol. The maximum absolute atomic E-state index is 11.3. The number of halogens is 1. The van der Waals surface area contributed by atoms with Crippen molar-refractivity contribution in [1.29, 1.82) is 5.26 Å². The molecule has 0 heterocycles. The summed E-state index contributed by atoms with van der Waals surface area (Å²) in [7, 11) is 0. The molecule has 0 bridgehead atoms.